The number of para-hydroxylation sites is 2. The highest BCUT2D eigenvalue weighted by atomic mass is 32.2. The predicted octanol–water partition coefficient (Wildman–Crippen LogP) is 1.56. The highest BCUT2D eigenvalue weighted by Crippen LogP contribution is 2.15. The number of sulfonamides is 1. The molecule has 5 N–H and O–H groups in total. The van der Waals surface area contributed by atoms with Gasteiger partial charge in [-0.3, -0.25) is 4.79 Å². The number of ether oxygens (including phenoxy) is 1. The lowest BCUT2D eigenvalue weighted by Gasteiger charge is -2.30. The number of aromatic amines is 1. The highest BCUT2D eigenvalue weighted by molar-refractivity contribution is 7.89. The molecule has 0 aliphatic heterocycles. The Morgan fingerprint density at radius 3 is 2.54 bits per heavy atom. The fraction of sp³-hybridized carbons (Fsp3) is 0.217. The van der Waals surface area contributed by atoms with Crippen molar-refractivity contribution in [2.45, 2.75) is 17.0 Å². The molecule has 37 heavy (non-hydrogen) atoms. The van der Waals surface area contributed by atoms with Gasteiger partial charge in [-0.1, -0.05) is 35.5 Å². The molecule has 1 atom stereocenters. The second kappa shape index (κ2) is 11.2. The third-order valence-corrected chi connectivity index (χ3v) is 6.69. The first-order valence-electron chi connectivity index (χ1n) is 11.1. The average Bonchev–Trinajstić information content (AvgIpc) is 3.56. The second-order valence-electron chi connectivity index (χ2n) is 7.90. The Morgan fingerprint density at radius 2 is 1.84 bits per heavy atom. The number of carboxylic acid groups (broad SMARTS) is 1. The van der Waals surface area contributed by atoms with Crippen LogP contribution < -0.4 is 15.4 Å². The van der Waals surface area contributed by atoms with Gasteiger partial charge in [-0.2, -0.15) is 4.72 Å². The smallest absolute Gasteiger partial charge is 0.348 e. The van der Waals surface area contributed by atoms with Crippen LogP contribution in [0.2, 0.25) is 0 Å². The van der Waals surface area contributed by atoms with E-state index in [-0.39, 0.29) is 17.3 Å². The van der Waals surface area contributed by atoms with Gasteiger partial charge in [0, 0.05) is 19.2 Å². The Kier molecular flexibility index (Phi) is 7.81. The maximum Gasteiger partial charge on any atom is 0.348 e. The molecule has 1 amide bonds. The van der Waals surface area contributed by atoms with Gasteiger partial charge in [0.05, 0.1) is 28.7 Å². The van der Waals surface area contributed by atoms with Crippen LogP contribution in [0, 0.1) is 0 Å². The van der Waals surface area contributed by atoms with E-state index in [1.54, 1.807) is 6.07 Å². The number of carbonyl (C=O) groups is 2. The summed E-state index contributed by atoms with van der Waals surface area (Å²) >= 11 is 0. The number of nitrogens with one attached hydrogen (secondary N) is 4. The number of carboxylic acids is 1. The Balaban J connectivity index is 1.42. The Bertz CT molecular complexity index is 1420. The number of hydrogen-bond acceptors (Lipinski definition) is 9. The van der Waals surface area contributed by atoms with Gasteiger partial charge >= 0.3 is 5.97 Å². The minimum atomic E-state index is -4.37. The van der Waals surface area contributed by atoms with Crippen LogP contribution in [-0.4, -0.2) is 65.9 Å². The molecule has 0 spiro atoms. The summed E-state index contributed by atoms with van der Waals surface area (Å²) < 4.78 is 38.3. The van der Waals surface area contributed by atoms with E-state index in [1.807, 2.05) is 24.3 Å². The number of hydrogen-bond donors (Lipinski definition) is 5. The van der Waals surface area contributed by atoms with E-state index < -0.39 is 34.2 Å². The van der Waals surface area contributed by atoms with Gasteiger partial charge in [0.25, 0.3) is 5.91 Å². The zero-order valence-electron chi connectivity index (χ0n) is 19.4. The number of aliphatic carboxylic acids is 1. The van der Waals surface area contributed by atoms with Crippen molar-refractivity contribution in [3.63, 3.8) is 0 Å². The second-order valence-corrected chi connectivity index (χ2v) is 9.58. The van der Waals surface area contributed by atoms with E-state index in [4.69, 9.17) is 9.26 Å². The summed E-state index contributed by atoms with van der Waals surface area (Å²) in [6.45, 7) is -0.230. The van der Waals surface area contributed by atoms with E-state index in [0.29, 0.717) is 18.9 Å². The molecule has 13 nitrogen and oxygen atoms in total. The zero-order chi connectivity index (χ0) is 26.3. The van der Waals surface area contributed by atoms with E-state index in [9.17, 15) is 23.1 Å². The lowest BCUT2D eigenvalue weighted by molar-refractivity contribution is -0.148. The standard InChI is InChI=1S/C23H24N6O7S/c30-20(19-11-13-25-36-19)28-23(21(31)32,29-37(33,34)16-7-2-1-3-8-16)15-35-14-6-12-24-22-26-17-9-4-5-10-18(17)27-22/h1-5,7-11,13,29H,6,12,14-15H2,(H,28,30)(H,31,32)(H2,24,26,27). The fourth-order valence-electron chi connectivity index (χ4n) is 3.37. The summed E-state index contributed by atoms with van der Waals surface area (Å²) in [5.41, 5.74) is -0.855. The van der Waals surface area contributed by atoms with Crippen molar-refractivity contribution in [2.75, 3.05) is 25.1 Å². The van der Waals surface area contributed by atoms with Crippen molar-refractivity contribution in [2.24, 2.45) is 0 Å². The summed E-state index contributed by atoms with van der Waals surface area (Å²) in [5.74, 6) is -2.42. The molecule has 2 aromatic heterocycles. The Hall–Kier alpha value is -4.27. The first kappa shape index (κ1) is 25.8. The highest BCUT2D eigenvalue weighted by Gasteiger charge is 2.45. The van der Waals surface area contributed by atoms with Gasteiger partial charge in [0.15, 0.2) is 0 Å². The van der Waals surface area contributed by atoms with Crippen molar-refractivity contribution in [1.29, 1.82) is 0 Å². The van der Waals surface area contributed by atoms with Crippen LogP contribution in [0.4, 0.5) is 5.95 Å². The first-order valence-corrected chi connectivity index (χ1v) is 12.6. The third kappa shape index (κ3) is 6.30. The van der Waals surface area contributed by atoms with Crippen LogP contribution >= 0.6 is 0 Å². The van der Waals surface area contributed by atoms with Gasteiger partial charge in [0.2, 0.25) is 27.4 Å². The molecular formula is C23H24N6O7S. The van der Waals surface area contributed by atoms with Crippen molar-refractivity contribution in [3.05, 3.63) is 72.6 Å². The predicted molar refractivity (Wildman–Crippen MR) is 131 cm³/mol. The van der Waals surface area contributed by atoms with Crippen LogP contribution in [0.1, 0.15) is 17.0 Å². The number of imidazole rings is 1. The quantitative estimate of drug-likeness (QED) is 0.126. The molecular weight excluding hydrogens is 504 g/mol. The molecule has 14 heteroatoms. The zero-order valence-corrected chi connectivity index (χ0v) is 20.2. The van der Waals surface area contributed by atoms with Crippen LogP contribution in [0.25, 0.3) is 11.0 Å². The number of fused-ring (bicyclic) bond motifs is 1. The molecule has 0 bridgehead atoms. The molecule has 194 valence electrons. The monoisotopic (exact) mass is 528 g/mol. The Morgan fingerprint density at radius 1 is 1.08 bits per heavy atom. The number of rotatable bonds is 13. The molecule has 0 aliphatic carbocycles. The van der Waals surface area contributed by atoms with E-state index in [2.05, 4.69) is 30.5 Å². The molecule has 0 fully saturated rings. The lowest BCUT2D eigenvalue weighted by atomic mass is 10.2. The van der Waals surface area contributed by atoms with Gasteiger partial charge < -0.3 is 30.0 Å². The number of nitrogens with zero attached hydrogens (tertiary/aromatic N) is 2. The molecule has 0 saturated heterocycles. The van der Waals surface area contributed by atoms with Gasteiger partial charge in [-0.05, 0) is 30.7 Å². The number of benzene rings is 2. The van der Waals surface area contributed by atoms with Crippen molar-refractivity contribution >= 4 is 38.9 Å². The average molecular weight is 529 g/mol. The minimum Gasteiger partial charge on any atom is -0.478 e. The van der Waals surface area contributed by atoms with E-state index in [0.717, 1.165) is 11.0 Å². The van der Waals surface area contributed by atoms with Crippen molar-refractivity contribution in [1.82, 2.24) is 25.2 Å². The fourth-order valence-corrected chi connectivity index (χ4v) is 4.66. The summed E-state index contributed by atoms with van der Waals surface area (Å²) in [6.07, 6.45) is 1.62. The maximum atomic E-state index is 12.9. The van der Waals surface area contributed by atoms with E-state index in [1.165, 1.54) is 36.5 Å². The van der Waals surface area contributed by atoms with Crippen LogP contribution in [0.15, 0.2) is 76.3 Å². The number of amides is 1. The van der Waals surface area contributed by atoms with Gasteiger partial charge in [-0.15, -0.1) is 0 Å². The SMILES string of the molecule is O=C(NC(COCCCNc1nc2ccccc2[nH]1)(NS(=O)(=O)c1ccccc1)C(=O)O)c1ccno1. The van der Waals surface area contributed by atoms with Gasteiger partial charge in [-0.25, -0.2) is 18.2 Å². The summed E-state index contributed by atoms with van der Waals surface area (Å²) in [7, 11) is -4.37. The molecule has 1 unspecified atom stereocenters. The molecule has 0 radical (unpaired) electrons. The summed E-state index contributed by atoms with van der Waals surface area (Å²) in [4.78, 5) is 32.3. The molecule has 2 heterocycles. The van der Waals surface area contributed by atoms with E-state index >= 15 is 0 Å². The molecule has 0 aliphatic rings. The van der Waals surface area contributed by atoms with Gasteiger partial charge in [0.1, 0.15) is 0 Å². The first-order chi connectivity index (χ1) is 17.8. The minimum absolute atomic E-state index is 0.0491. The van der Waals surface area contributed by atoms with Crippen molar-refractivity contribution < 1.29 is 32.4 Å². The third-order valence-electron chi connectivity index (χ3n) is 5.18. The number of anilines is 1. The van der Waals surface area contributed by atoms with Crippen LogP contribution in [0.5, 0.6) is 0 Å². The number of aromatic nitrogens is 3. The lowest BCUT2D eigenvalue weighted by Crippen LogP contribution is -2.68. The number of carbonyl (C=O) groups excluding carboxylic acids is 1. The molecule has 4 rings (SSSR count). The summed E-state index contributed by atoms with van der Waals surface area (Å²) in [6, 6.07) is 15.9. The molecule has 4 aromatic rings. The summed E-state index contributed by atoms with van der Waals surface area (Å²) in [5, 5.41) is 18.7. The van der Waals surface area contributed by atoms with Crippen molar-refractivity contribution in [3.8, 4) is 0 Å². The van der Waals surface area contributed by atoms with Crippen LogP contribution in [0.3, 0.4) is 0 Å². The Labute approximate surface area is 211 Å². The maximum absolute atomic E-state index is 12.9. The normalized spacial score (nSPS) is 13.2. The largest absolute Gasteiger partial charge is 0.478 e. The topological polar surface area (TPSA) is 189 Å². The number of H-pyrrole nitrogens is 1. The van der Waals surface area contributed by atoms with Crippen LogP contribution in [-0.2, 0) is 19.6 Å². The molecule has 0 saturated carbocycles. The molecule has 2 aromatic carbocycles.